The summed E-state index contributed by atoms with van der Waals surface area (Å²) in [6, 6.07) is 9.63. The van der Waals surface area contributed by atoms with Crippen molar-refractivity contribution in [2.24, 2.45) is 16.6 Å². The van der Waals surface area contributed by atoms with E-state index in [-0.39, 0.29) is 0 Å². The largest absolute Gasteiger partial charge is 0.457 e. The second kappa shape index (κ2) is 11.2. The number of nitrogens with two attached hydrogens (primary N) is 1. The van der Waals surface area contributed by atoms with Crippen LogP contribution < -0.4 is 10.5 Å². The molecule has 1 heterocycles. The van der Waals surface area contributed by atoms with Crippen molar-refractivity contribution in [2.45, 2.75) is 40.5 Å². The van der Waals surface area contributed by atoms with Crippen LogP contribution in [0.1, 0.15) is 45.4 Å². The molecule has 1 atom stereocenters. The van der Waals surface area contributed by atoms with E-state index in [2.05, 4.69) is 30.4 Å². The quantitative estimate of drug-likeness (QED) is 0.309. The molecule has 0 fully saturated rings. The van der Waals surface area contributed by atoms with Crippen molar-refractivity contribution >= 4 is 11.9 Å². The average molecular weight is 405 g/mol. The van der Waals surface area contributed by atoms with Gasteiger partial charge in [-0.2, -0.15) is 0 Å². The van der Waals surface area contributed by atoms with E-state index in [9.17, 15) is 0 Å². The highest BCUT2D eigenvalue weighted by Gasteiger charge is 2.10. The van der Waals surface area contributed by atoms with Gasteiger partial charge in [-0.25, -0.2) is 0 Å². The van der Waals surface area contributed by atoms with Crippen LogP contribution in [-0.4, -0.2) is 23.5 Å². The second-order valence-corrected chi connectivity index (χ2v) is 7.39. The van der Waals surface area contributed by atoms with Gasteiger partial charge in [0.1, 0.15) is 11.5 Å². The van der Waals surface area contributed by atoms with Gasteiger partial charge in [-0.3, -0.25) is 9.98 Å². The lowest BCUT2D eigenvalue weighted by Gasteiger charge is -2.13. The first-order valence-corrected chi connectivity index (χ1v) is 10.3. The third-order valence-corrected chi connectivity index (χ3v) is 5.00. The second-order valence-electron chi connectivity index (χ2n) is 7.39. The SMILES string of the molecule is C=C(/C=C(/C)N=C(C)C(C)CC)Oc1cc(C=N)ccc1-c1ccc(CCN)nc1. The third kappa shape index (κ3) is 6.49. The maximum absolute atomic E-state index is 7.56. The minimum atomic E-state index is 0.438. The molecule has 1 aromatic heterocycles. The molecule has 30 heavy (non-hydrogen) atoms. The smallest absolute Gasteiger partial charge is 0.135 e. The fourth-order valence-corrected chi connectivity index (χ4v) is 2.95. The van der Waals surface area contributed by atoms with Crippen molar-refractivity contribution in [3.8, 4) is 16.9 Å². The normalized spacial score (nSPS) is 13.1. The summed E-state index contributed by atoms with van der Waals surface area (Å²) in [5, 5.41) is 7.56. The van der Waals surface area contributed by atoms with Crippen LogP contribution in [0.15, 0.2) is 65.6 Å². The molecule has 1 unspecified atom stereocenters. The molecular formula is C25H32N4O. The number of aliphatic imine (C=N–C) groups is 1. The van der Waals surface area contributed by atoms with Gasteiger partial charge < -0.3 is 15.9 Å². The molecule has 0 saturated heterocycles. The first-order valence-electron chi connectivity index (χ1n) is 10.3. The summed E-state index contributed by atoms with van der Waals surface area (Å²) in [4.78, 5) is 9.13. The molecule has 0 bridgehead atoms. The minimum Gasteiger partial charge on any atom is -0.457 e. The van der Waals surface area contributed by atoms with E-state index in [1.54, 1.807) is 0 Å². The lowest BCUT2D eigenvalue weighted by atomic mass is 10.0. The van der Waals surface area contributed by atoms with Crippen molar-refractivity contribution in [3.05, 3.63) is 71.9 Å². The van der Waals surface area contributed by atoms with Crippen LogP contribution >= 0.6 is 0 Å². The molecule has 0 aliphatic rings. The van der Waals surface area contributed by atoms with Crippen LogP contribution in [0, 0.1) is 11.3 Å². The van der Waals surface area contributed by atoms with E-state index in [1.165, 1.54) is 6.21 Å². The summed E-state index contributed by atoms with van der Waals surface area (Å²) >= 11 is 0. The third-order valence-electron chi connectivity index (χ3n) is 5.00. The molecule has 0 spiro atoms. The minimum absolute atomic E-state index is 0.438. The van der Waals surface area contributed by atoms with Crippen LogP contribution in [0.2, 0.25) is 0 Å². The molecule has 0 radical (unpaired) electrons. The van der Waals surface area contributed by atoms with E-state index in [0.717, 1.165) is 46.6 Å². The monoisotopic (exact) mass is 404 g/mol. The molecule has 1 aromatic carbocycles. The zero-order chi connectivity index (χ0) is 22.1. The summed E-state index contributed by atoms with van der Waals surface area (Å²) in [6.45, 7) is 12.9. The van der Waals surface area contributed by atoms with Gasteiger partial charge in [-0.05, 0) is 56.5 Å². The number of pyridine rings is 1. The number of aromatic nitrogens is 1. The average Bonchev–Trinajstić information content (AvgIpc) is 2.73. The van der Waals surface area contributed by atoms with E-state index < -0.39 is 0 Å². The zero-order valence-electron chi connectivity index (χ0n) is 18.4. The van der Waals surface area contributed by atoms with Gasteiger partial charge in [0.15, 0.2) is 0 Å². The molecule has 0 aliphatic heterocycles. The first kappa shape index (κ1) is 23.2. The fraction of sp³-hybridized carbons (Fsp3) is 0.320. The standard InChI is InChI=1S/C25H32N4O/c1-6-17(2)20(5)29-18(3)13-19(4)30-25-14-21(15-27)7-10-24(25)22-8-9-23(11-12-26)28-16-22/h7-10,13-17,27H,4,6,11-12,26H2,1-3,5H3/b18-13-,27-15?,29-20?. The van der Waals surface area contributed by atoms with Gasteiger partial charge in [-0.1, -0.05) is 32.6 Å². The number of hydrogen-bond donors (Lipinski definition) is 2. The molecule has 0 saturated carbocycles. The summed E-state index contributed by atoms with van der Waals surface area (Å²) in [5.74, 6) is 1.55. The summed E-state index contributed by atoms with van der Waals surface area (Å²) in [7, 11) is 0. The number of nitrogens with one attached hydrogen (secondary N) is 1. The van der Waals surface area contributed by atoms with Crippen LogP contribution in [0.5, 0.6) is 5.75 Å². The van der Waals surface area contributed by atoms with Gasteiger partial charge in [-0.15, -0.1) is 0 Å². The van der Waals surface area contributed by atoms with Crippen molar-refractivity contribution < 1.29 is 4.74 Å². The summed E-state index contributed by atoms with van der Waals surface area (Å²) in [5.41, 5.74) is 11.1. The maximum Gasteiger partial charge on any atom is 0.135 e. The Morgan fingerprint density at radius 2 is 2.07 bits per heavy atom. The number of nitrogens with zero attached hydrogens (tertiary/aromatic N) is 2. The molecular weight excluding hydrogens is 372 g/mol. The Bertz CT molecular complexity index is 942. The van der Waals surface area contributed by atoms with Gasteiger partial charge in [0.2, 0.25) is 0 Å². The molecule has 158 valence electrons. The molecule has 2 rings (SSSR count). The van der Waals surface area contributed by atoms with E-state index in [0.29, 0.717) is 24.0 Å². The Hall–Kier alpha value is -3.05. The van der Waals surface area contributed by atoms with Gasteiger partial charge in [0.05, 0.1) is 0 Å². The number of benzene rings is 1. The van der Waals surface area contributed by atoms with Gasteiger partial charge in [0.25, 0.3) is 0 Å². The van der Waals surface area contributed by atoms with Crippen LogP contribution in [0.4, 0.5) is 0 Å². The lowest BCUT2D eigenvalue weighted by Crippen LogP contribution is -2.05. The predicted octanol–water partition coefficient (Wildman–Crippen LogP) is 5.55. The lowest BCUT2D eigenvalue weighted by molar-refractivity contribution is 0.448. The van der Waals surface area contributed by atoms with Crippen LogP contribution in [0.25, 0.3) is 11.1 Å². The number of hydrogen-bond acceptors (Lipinski definition) is 5. The Morgan fingerprint density at radius 1 is 1.30 bits per heavy atom. The number of rotatable bonds is 10. The topological polar surface area (TPSA) is 84.3 Å². The molecule has 0 aliphatic carbocycles. The van der Waals surface area contributed by atoms with E-state index in [4.69, 9.17) is 15.9 Å². The Balaban J connectivity index is 2.30. The Labute approximate surface area is 179 Å². The van der Waals surface area contributed by atoms with Crippen molar-refractivity contribution in [2.75, 3.05) is 6.54 Å². The Morgan fingerprint density at radius 3 is 2.67 bits per heavy atom. The number of allylic oxidation sites excluding steroid dienone is 2. The van der Waals surface area contributed by atoms with Crippen molar-refractivity contribution in [3.63, 3.8) is 0 Å². The molecule has 5 nitrogen and oxygen atoms in total. The van der Waals surface area contributed by atoms with Crippen LogP contribution in [-0.2, 0) is 6.42 Å². The zero-order valence-corrected chi connectivity index (χ0v) is 18.4. The first-order chi connectivity index (χ1) is 14.4. The highest BCUT2D eigenvalue weighted by molar-refractivity contribution is 5.85. The molecule has 5 heteroatoms. The Kier molecular flexibility index (Phi) is 8.69. The van der Waals surface area contributed by atoms with Crippen molar-refractivity contribution in [1.29, 1.82) is 5.41 Å². The highest BCUT2D eigenvalue weighted by atomic mass is 16.5. The molecule has 0 amide bonds. The van der Waals surface area contributed by atoms with E-state index in [1.807, 2.05) is 56.5 Å². The highest BCUT2D eigenvalue weighted by Crippen LogP contribution is 2.32. The summed E-state index contributed by atoms with van der Waals surface area (Å²) in [6.07, 6.45) is 6.74. The van der Waals surface area contributed by atoms with Gasteiger partial charge in [0, 0.05) is 53.1 Å². The van der Waals surface area contributed by atoms with E-state index >= 15 is 0 Å². The van der Waals surface area contributed by atoms with Gasteiger partial charge >= 0.3 is 0 Å². The predicted molar refractivity (Wildman–Crippen MR) is 126 cm³/mol. The number of ether oxygens (including phenoxy) is 1. The molecule has 2 aromatic rings. The summed E-state index contributed by atoms with van der Waals surface area (Å²) < 4.78 is 6.07. The molecule has 3 N–H and O–H groups in total. The fourth-order valence-electron chi connectivity index (χ4n) is 2.95. The maximum atomic E-state index is 7.56. The van der Waals surface area contributed by atoms with Crippen LogP contribution in [0.3, 0.4) is 0 Å². The van der Waals surface area contributed by atoms with Crippen molar-refractivity contribution in [1.82, 2.24) is 4.98 Å².